The Morgan fingerprint density at radius 3 is 1.85 bits per heavy atom. The first kappa shape index (κ1) is 13.0. The fourth-order valence-corrected chi connectivity index (χ4v) is 1.70. The summed E-state index contributed by atoms with van der Waals surface area (Å²) < 4.78 is 0. The molecular formula is C12H27N. The second kappa shape index (κ2) is 8.55. The number of unbranched alkanes of at least 4 members (excludes halogenated alkanes) is 2. The lowest BCUT2D eigenvalue weighted by Gasteiger charge is -2.24. The van der Waals surface area contributed by atoms with E-state index in [0.717, 1.165) is 5.92 Å². The van der Waals surface area contributed by atoms with Gasteiger partial charge in [0.2, 0.25) is 0 Å². The average Bonchev–Trinajstić information content (AvgIpc) is 2.13. The highest BCUT2D eigenvalue weighted by Crippen LogP contribution is 2.21. The summed E-state index contributed by atoms with van der Waals surface area (Å²) in [5, 5.41) is 0. The minimum absolute atomic E-state index is 0.503. The molecule has 1 heteroatoms. The van der Waals surface area contributed by atoms with Crippen LogP contribution in [0.2, 0.25) is 0 Å². The Morgan fingerprint density at radius 1 is 1.08 bits per heavy atom. The molecule has 1 aliphatic carbocycles. The van der Waals surface area contributed by atoms with E-state index in [1.165, 1.54) is 44.9 Å². The largest absolute Gasteiger partial charge is 0.327 e. The second-order valence-corrected chi connectivity index (χ2v) is 4.28. The van der Waals surface area contributed by atoms with E-state index in [1.807, 2.05) is 0 Å². The van der Waals surface area contributed by atoms with Crippen molar-refractivity contribution >= 4 is 0 Å². The SMILES string of the molecule is CC1CCCCC1N.CCCCC. The highest BCUT2D eigenvalue weighted by atomic mass is 14.6. The van der Waals surface area contributed by atoms with Crippen molar-refractivity contribution < 1.29 is 0 Å². The van der Waals surface area contributed by atoms with Crippen LogP contribution in [-0.2, 0) is 0 Å². The zero-order valence-electron chi connectivity index (χ0n) is 9.68. The number of hydrogen-bond acceptors (Lipinski definition) is 1. The Morgan fingerprint density at radius 2 is 1.62 bits per heavy atom. The summed E-state index contributed by atoms with van der Waals surface area (Å²) in [7, 11) is 0. The van der Waals surface area contributed by atoms with Crippen molar-refractivity contribution in [3.05, 3.63) is 0 Å². The molecule has 1 nitrogen and oxygen atoms in total. The summed E-state index contributed by atoms with van der Waals surface area (Å²) in [6.45, 7) is 6.68. The highest BCUT2D eigenvalue weighted by Gasteiger charge is 2.15. The predicted molar refractivity (Wildman–Crippen MR) is 60.8 cm³/mol. The zero-order valence-corrected chi connectivity index (χ0v) is 9.68. The average molecular weight is 185 g/mol. The molecule has 80 valence electrons. The molecule has 1 saturated carbocycles. The molecule has 0 spiro atoms. The molecule has 2 N–H and O–H groups in total. The lowest BCUT2D eigenvalue weighted by molar-refractivity contribution is 0.331. The van der Waals surface area contributed by atoms with Crippen molar-refractivity contribution in [3.8, 4) is 0 Å². The van der Waals surface area contributed by atoms with Crippen LogP contribution < -0.4 is 5.73 Å². The van der Waals surface area contributed by atoms with Crippen LogP contribution in [0, 0.1) is 5.92 Å². The van der Waals surface area contributed by atoms with Gasteiger partial charge in [-0.25, -0.2) is 0 Å². The molecule has 0 amide bonds. The van der Waals surface area contributed by atoms with E-state index >= 15 is 0 Å². The van der Waals surface area contributed by atoms with Crippen molar-refractivity contribution in [1.29, 1.82) is 0 Å². The van der Waals surface area contributed by atoms with Gasteiger partial charge in [0.15, 0.2) is 0 Å². The van der Waals surface area contributed by atoms with E-state index in [0.29, 0.717) is 6.04 Å². The van der Waals surface area contributed by atoms with Gasteiger partial charge in [0.1, 0.15) is 0 Å². The molecule has 2 unspecified atom stereocenters. The molecule has 0 aliphatic heterocycles. The summed E-state index contributed by atoms with van der Waals surface area (Å²) in [4.78, 5) is 0. The molecule has 0 aromatic carbocycles. The van der Waals surface area contributed by atoms with Crippen LogP contribution in [0.4, 0.5) is 0 Å². The van der Waals surface area contributed by atoms with Gasteiger partial charge in [0.05, 0.1) is 0 Å². The lowest BCUT2D eigenvalue weighted by atomic mass is 9.87. The summed E-state index contributed by atoms with van der Waals surface area (Å²) >= 11 is 0. The van der Waals surface area contributed by atoms with Crippen LogP contribution >= 0.6 is 0 Å². The lowest BCUT2D eigenvalue weighted by Crippen LogP contribution is -2.30. The minimum Gasteiger partial charge on any atom is -0.327 e. The smallest absolute Gasteiger partial charge is 0.00645 e. The predicted octanol–water partition coefficient (Wildman–Crippen LogP) is 3.72. The standard InChI is InChI=1S/C7H15N.C5H12/c1-6-4-2-3-5-7(6)8;1-3-5-4-2/h6-7H,2-5,8H2,1H3;3-5H2,1-2H3. The topological polar surface area (TPSA) is 26.0 Å². The van der Waals surface area contributed by atoms with E-state index in [-0.39, 0.29) is 0 Å². The molecule has 0 bridgehead atoms. The van der Waals surface area contributed by atoms with Gasteiger partial charge in [-0.3, -0.25) is 0 Å². The van der Waals surface area contributed by atoms with E-state index in [1.54, 1.807) is 0 Å². The highest BCUT2D eigenvalue weighted by molar-refractivity contribution is 4.73. The van der Waals surface area contributed by atoms with Crippen molar-refractivity contribution in [2.24, 2.45) is 11.7 Å². The summed E-state index contributed by atoms with van der Waals surface area (Å²) in [5.74, 6) is 0.781. The van der Waals surface area contributed by atoms with Gasteiger partial charge in [-0.1, -0.05) is 52.9 Å². The van der Waals surface area contributed by atoms with Gasteiger partial charge in [-0.2, -0.15) is 0 Å². The van der Waals surface area contributed by atoms with Gasteiger partial charge in [0.25, 0.3) is 0 Å². The molecule has 2 atom stereocenters. The van der Waals surface area contributed by atoms with Crippen LogP contribution in [0.3, 0.4) is 0 Å². The number of hydrogen-bond donors (Lipinski definition) is 1. The summed E-state index contributed by atoms with van der Waals surface area (Å²) in [6.07, 6.45) is 9.43. The van der Waals surface area contributed by atoms with Crippen LogP contribution in [0.5, 0.6) is 0 Å². The first-order chi connectivity index (χ1) is 6.22. The van der Waals surface area contributed by atoms with E-state index in [2.05, 4.69) is 20.8 Å². The quantitative estimate of drug-likeness (QED) is 0.697. The maximum absolute atomic E-state index is 5.78. The summed E-state index contributed by atoms with van der Waals surface area (Å²) in [5.41, 5.74) is 5.78. The minimum atomic E-state index is 0.503. The fourth-order valence-electron chi connectivity index (χ4n) is 1.70. The number of nitrogens with two attached hydrogens (primary N) is 1. The Kier molecular flexibility index (Phi) is 8.53. The second-order valence-electron chi connectivity index (χ2n) is 4.28. The van der Waals surface area contributed by atoms with Gasteiger partial charge >= 0.3 is 0 Å². The Balaban J connectivity index is 0.000000252. The third-order valence-electron chi connectivity index (χ3n) is 2.88. The maximum atomic E-state index is 5.78. The maximum Gasteiger partial charge on any atom is 0.00645 e. The third kappa shape index (κ3) is 7.06. The molecule has 13 heavy (non-hydrogen) atoms. The molecule has 1 aliphatic rings. The van der Waals surface area contributed by atoms with Crippen LogP contribution in [0.1, 0.15) is 65.7 Å². The van der Waals surface area contributed by atoms with E-state index < -0.39 is 0 Å². The van der Waals surface area contributed by atoms with E-state index in [9.17, 15) is 0 Å². The zero-order chi connectivity index (χ0) is 10.1. The molecule has 1 rings (SSSR count). The molecule has 0 heterocycles. The molecule has 0 radical (unpaired) electrons. The van der Waals surface area contributed by atoms with Gasteiger partial charge in [-0.05, 0) is 18.8 Å². The Hall–Kier alpha value is -0.0400. The first-order valence-electron chi connectivity index (χ1n) is 5.97. The molecule has 1 fully saturated rings. The molecule has 0 aromatic rings. The Bertz CT molecular complexity index is 89.3. The van der Waals surface area contributed by atoms with Crippen molar-refractivity contribution in [2.75, 3.05) is 0 Å². The van der Waals surface area contributed by atoms with Gasteiger partial charge < -0.3 is 5.73 Å². The number of rotatable bonds is 2. The monoisotopic (exact) mass is 185 g/mol. The van der Waals surface area contributed by atoms with Crippen LogP contribution in [0.25, 0.3) is 0 Å². The molecular weight excluding hydrogens is 158 g/mol. The van der Waals surface area contributed by atoms with Crippen molar-refractivity contribution in [1.82, 2.24) is 0 Å². The third-order valence-corrected chi connectivity index (χ3v) is 2.88. The van der Waals surface area contributed by atoms with E-state index in [4.69, 9.17) is 5.73 Å². The molecule has 0 aromatic heterocycles. The normalized spacial score (nSPS) is 27.7. The first-order valence-corrected chi connectivity index (χ1v) is 5.97. The van der Waals surface area contributed by atoms with Crippen molar-refractivity contribution in [3.63, 3.8) is 0 Å². The fraction of sp³-hybridized carbons (Fsp3) is 1.00. The van der Waals surface area contributed by atoms with Gasteiger partial charge in [0, 0.05) is 6.04 Å². The van der Waals surface area contributed by atoms with Gasteiger partial charge in [-0.15, -0.1) is 0 Å². The van der Waals surface area contributed by atoms with Crippen LogP contribution in [-0.4, -0.2) is 6.04 Å². The summed E-state index contributed by atoms with van der Waals surface area (Å²) in [6, 6.07) is 0.503. The molecule has 0 saturated heterocycles. The van der Waals surface area contributed by atoms with Crippen molar-refractivity contribution in [2.45, 2.75) is 71.8 Å². The van der Waals surface area contributed by atoms with Crippen LogP contribution in [0.15, 0.2) is 0 Å². The Labute approximate surface area is 84.1 Å².